The molecule has 2 aliphatic heterocycles. The summed E-state index contributed by atoms with van der Waals surface area (Å²) in [5.74, 6) is 0.436. The average Bonchev–Trinajstić information content (AvgIpc) is 2.61. The molecule has 2 fully saturated rings. The number of aromatic nitrogens is 1. The second-order valence-electron chi connectivity index (χ2n) is 5.26. The fourth-order valence-electron chi connectivity index (χ4n) is 3.22. The minimum absolute atomic E-state index is 0.138. The van der Waals surface area contributed by atoms with Crippen molar-refractivity contribution in [3.05, 3.63) is 23.9 Å². The maximum Gasteiger partial charge on any atom is 0.416 e. The summed E-state index contributed by atoms with van der Waals surface area (Å²) in [6.07, 6.45) is 0.565. The Morgan fingerprint density at radius 2 is 1.84 bits per heavy atom. The summed E-state index contributed by atoms with van der Waals surface area (Å²) in [6.45, 7) is 0. The Bertz CT molecular complexity index is 463. The van der Waals surface area contributed by atoms with Crippen LogP contribution in [0.25, 0.3) is 0 Å². The lowest BCUT2D eigenvalue weighted by Crippen LogP contribution is -2.44. The van der Waals surface area contributed by atoms with Crippen LogP contribution in [0.5, 0.6) is 0 Å². The minimum Gasteiger partial charge on any atom is -0.351 e. The van der Waals surface area contributed by atoms with Gasteiger partial charge in [0.25, 0.3) is 0 Å². The Labute approximate surface area is 114 Å². The summed E-state index contributed by atoms with van der Waals surface area (Å²) in [5, 5.41) is 0.138. The van der Waals surface area contributed by atoms with Crippen LogP contribution < -0.4 is 4.90 Å². The lowest BCUT2D eigenvalue weighted by molar-refractivity contribution is -0.137. The van der Waals surface area contributed by atoms with Crippen molar-refractivity contribution in [2.24, 2.45) is 0 Å². The van der Waals surface area contributed by atoms with Crippen LogP contribution in [0, 0.1) is 0 Å². The van der Waals surface area contributed by atoms with Crippen LogP contribution in [0.3, 0.4) is 0 Å². The lowest BCUT2D eigenvalue weighted by atomic mass is 10.0. The molecule has 104 valence electrons. The number of halogens is 4. The van der Waals surface area contributed by atoms with Gasteiger partial charge in [0.05, 0.1) is 5.56 Å². The molecule has 0 spiro atoms. The quantitative estimate of drug-likeness (QED) is 0.731. The highest BCUT2D eigenvalue weighted by atomic mass is 35.5. The van der Waals surface area contributed by atoms with Crippen molar-refractivity contribution in [1.29, 1.82) is 0 Å². The number of hydrogen-bond donors (Lipinski definition) is 0. The Balaban J connectivity index is 1.91. The third-order valence-corrected chi connectivity index (χ3v) is 4.37. The third-order valence-electron chi connectivity index (χ3n) is 4.01. The molecule has 1 aromatic heterocycles. The van der Waals surface area contributed by atoms with E-state index < -0.39 is 11.7 Å². The Morgan fingerprint density at radius 3 is 2.42 bits per heavy atom. The summed E-state index contributed by atoms with van der Waals surface area (Å²) in [5.41, 5.74) is -0.634. The normalized spacial score (nSPS) is 30.7. The molecule has 6 heteroatoms. The van der Waals surface area contributed by atoms with Crippen molar-refractivity contribution < 1.29 is 13.2 Å². The van der Waals surface area contributed by atoms with E-state index in [9.17, 15) is 13.2 Å². The maximum atomic E-state index is 12.7. The molecule has 0 N–H and O–H groups in total. The summed E-state index contributed by atoms with van der Waals surface area (Å²) in [4.78, 5) is 6.16. The fraction of sp³-hybridized carbons (Fsp3) is 0.615. The van der Waals surface area contributed by atoms with Crippen LogP contribution in [0.4, 0.5) is 19.0 Å². The van der Waals surface area contributed by atoms with Crippen LogP contribution in [0.2, 0.25) is 0 Å². The van der Waals surface area contributed by atoms with E-state index in [4.69, 9.17) is 11.6 Å². The molecule has 2 saturated heterocycles. The molecule has 0 aliphatic carbocycles. The summed E-state index contributed by atoms with van der Waals surface area (Å²) in [7, 11) is 0. The van der Waals surface area contributed by atoms with E-state index in [1.807, 2.05) is 4.90 Å². The lowest BCUT2D eigenvalue weighted by Gasteiger charge is -2.38. The van der Waals surface area contributed by atoms with Crippen molar-refractivity contribution in [3.8, 4) is 0 Å². The van der Waals surface area contributed by atoms with Crippen molar-refractivity contribution in [1.82, 2.24) is 4.98 Å². The Kier molecular flexibility index (Phi) is 3.12. The standard InChI is InChI=1S/C13H14ClF3N2/c14-9-6-10-1-2-11(7-9)19(10)12-5-8(3-4-18-12)13(15,16)17/h3-5,9-11H,1-2,6-7H2. The van der Waals surface area contributed by atoms with Gasteiger partial charge in [0, 0.05) is 23.7 Å². The Morgan fingerprint density at radius 1 is 1.21 bits per heavy atom. The monoisotopic (exact) mass is 290 g/mol. The summed E-state index contributed by atoms with van der Waals surface area (Å²) >= 11 is 6.18. The number of rotatable bonds is 1. The summed E-state index contributed by atoms with van der Waals surface area (Å²) < 4.78 is 38.2. The van der Waals surface area contributed by atoms with Gasteiger partial charge in [0.15, 0.2) is 0 Å². The number of anilines is 1. The fourth-order valence-corrected chi connectivity index (χ4v) is 3.63. The minimum atomic E-state index is -4.32. The van der Waals surface area contributed by atoms with Crippen molar-refractivity contribution >= 4 is 17.4 Å². The second-order valence-corrected chi connectivity index (χ2v) is 5.88. The van der Waals surface area contributed by atoms with E-state index >= 15 is 0 Å². The number of hydrogen-bond acceptors (Lipinski definition) is 2. The predicted octanol–water partition coefficient (Wildman–Crippen LogP) is 3.84. The largest absolute Gasteiger partial charge is 0.416 e. The molecule has 0 amide bonds. The van der Waals surface area contributed by atoms with E-state index in [1.165, 1.54) is 6.20 Å². The Hall–Kier alpha value is -0.970. The van der Waals surface area contributed by atoms with E-state index in [1.54, 1.807) is 0 Å². The third kappa shape index (κ3) is 2.40. The molecule has 19 heavy (non-hydrogen) atoms. The van der Waals surface area contributed by atoms with Gasteiger partial charge in [-0.2, -0.15) is 13.2 Å². The van der Waals surface area contributed by atoms with Gasteiger partial charge in [-0.15, -0.1) is 11.6 Å². The maximum absolute atomic E-state index is 12.7. The molecule has 2 bridgehead atoms. The molecule has 0 radical (unpaired) electrons. The first kappa shape index (κ1) is 13.0. The zero-order valence-electron chi connectivity index (χ0n) is 10.2. The highest BCUT2D eigenvalue weighted by Crippen LogP contribution is 2.41. The first-order valence-electron chi connectivity index (χ1n) is 6.41. The molecule has 3 rings (SSSR count). The van der Waals surface area contributed by atoms with E-state index in [0.717, 1.165) is 37.8 Å². The number of alkyl halides is 4. The van der Waals surface area contributed by atoms with Crippen molar-refractivity contribution in [3.63, 3.8) is 0 Å². The van der Waals surface area contributed by atoms with E-state index in [-0.39, 0.29) is 17.5 Å². The summed E-state index contributed by atoms with van der Waals surface area (Å²) in [6, 6.07) is 2.63. The smallest absolute Gasteiger partial charge is 0.351 e. The van der Waals surface area contributed by atoms with Gasteiger partial charge in [-0.05, 0) is 37.8 Å². The topological polar surface area (TPSA) is 16.1 Å². The van der Waals surface area contributed by atoms with E-state index in [0.29, 0.717) is 5.82 Å². The van der Waals surface area contributed by atoms with Crippen molar-refractivity contribution in [2.45, 2.75) is 49.3 Å². The molecule has 0 aromatic carbocycles. The highest BCUT2D eigenvalue weighted by Gasteiger charge is 2.41. The zero-order chi connectivity index (χ0) is 13.6. The molecule has 2 aliphatic rings. The van der Waals surface area contributed by atoms with Gasteiger partial charge < -0.3 is 4.90 Å². The van der Waals surface area contributed by atoms with Gasteiger partial charge in [0.2, 0.25) is 0 Å². The number of fused-ring (bicyclic) bond motifs is 2. The number of pyridine rings is 1. The average molecular weight is 291 g/mol. The van der Waals surface area contributed by atoms with Gasteiger partial charge in [-0.1, -0.05) is 0 Å². The molecule has 3 heterocycles. The van der Waals surface area contributed by atoms with Gasteiger partial charge >= 0.3 is 6.18 Å². The zero-order valence-corrected chi connectivity index (χ0v) is 11.0. The second kappa shape index (κ2) is 4.54. The van der Waals surface area contributed by atoms with Crippen molar-refractivity contribution in [2.75, 3.05) is 4.90 Å². The highest BCUT2D eigenvalue weighted by molar-refractivity contribution is 6.20. The molecule has 2 atom stereocenters. The van der Waals surface area contributed by atoms with Crippen LogP contribution in [0.15, 0.2) is 18.3 Å². The molecular weight excluding hydrogens is 277 g/mol. The number of nitrogens with zero attached hydrogens (tertiary/aromatic N) is 2. The molecule has 2 unspecified atom stereocenters. The molecule has 2 nitrogen and oxygen atoms in total. The number of piperidine rings is 1. The van der Waals surface area contributed by atoms with Crippen LogP contribution in [0.1, 0.15) is 31.2 Å². The van der Waals surface area contributed by atoms with Gasteiger partial charge in [-0.25, -0.2) is 4.98 Å². The predicted molar refractivity (Wildman–Crippen MR) is 67.4 cm³/mol. The van der Waals surface area contributed by atoms with Gasteiger partial charge in [-0.3, -0.25) is 0 Å². The van der Waals surface area contributed by atoms with Crippen LogP contribution in [-0.2, 0) is 6.18 Å². The van der Waals surface area contributed by atoms with Crippen LogP contribution in [-0.4, -0.2) is 22.4 Å². The molecule has 0 saturated carbocycles. The van der Waals surface area contributed by atoms with Crippen LogP contribution >= 0.6 is 11.6 Å². The first-order chi connectivity index (χ1) is 8.95. The SMILES string of the molecule is FC(F)(F)c1ccnc(N2C3CCC2CC(Cl)C3)c1. The first-order valence-corrected chi connectivity index (χ1v) is 6.84. The van der Waals surface area contributed by atoms with Gasteiger partial charge in [0.1, 0.15) is 5.82 Å². The molecular formula is C13H14ClF3N2. The molecule has 1 aromatic rings. The van der Waals surface area contributed by atoms with E-state index in [2.05, 4.69) is 4.98 Å².